The van der Waals surface area contributed by atoms with Crippen molar-refractivity contribution in [2.45, 2.75) is 13.0 Å². The molecule has 0 fully saturated rings. The van der Waals surface area contributed by atoms with Gasteiger partial charge in [0.15, 0.2) is 0 Å². The van der Waals surface area contributed by atoms with Crippen LogP contribution in [-0.2, 0) is 0 Å². The molecular weight excluding hydrogens is 386 g/mol. The van der Waals surface area contributed by atoms with Crippen LogP contribution < -0.4 is 11.1 Å². The fourth-order valence-corrected chi connectivity index (χ4v) is 3.38. The first-order chi connectivity index (χ1) is 14.5. The van der Waals surface area contributed by atoms with Gasteiger partial charge in [-0.2, -0.15) is 5.26 Å². The quantitative estimate of drug-likeness (QED) is 0.518. The molecule has 0 amide bonds. The van der Waals surface area contributed by atoms with Crippen LogP contribution in [0.4, 0.5) is 20.4 Å². The molecule has 6 nitrogen and oxygen atoms in total. The Bertz CT molecular complexity index is 1300. The molecule has 0 aliphatic heterocycles. The summed E-state index contributed by atoms with van der Waals surface area (Å²) in [7, 11) is 0. The number of benzene rings is 2. The molecule has 1 atom stereocenters. The number of nitrogens with zero attached hydrogens (tertiary/aromatic N) is 4. The van der Waals surface area contributed by atoms with Gasteiger partial charge in [-0.25, -0.2) is 18.7 Å². The van der Waals surface area contributed by atoms with Gasteiger partial charge in [-0.1, -0.05) is 12.1 Å². The number of nitrogen functional groups attached to an aromatic ring is 1. The zero-order valence-electron chi connectivity index (χ0n) is 15.9. The number of nitriles is 1. The zero-order chi connectivity index (χ0) is 21.3. The van der Waals surface area contributed by atoms with E-state index in [1.165, 1.54) is 30.6 Å². The van der Waals surface area contributed by atoms with Crippen LogP contribution in [0.2, 0.25) is 0 Å². The maximum absolute atomic E-state index is 14.0. The molecular formula is C22H16F2N6. The van der Waals surface area contributed by atoms with E-state index < -0.39 is 5.82 Å². The summed E-state index contributed by atoms with van der Waals surface area (Å²) in [5.41, 5.74) is 8.41. The van der Waals surface area contributed by atoms with Crippen LogP contribution in [0.15, 0.2) is 55.0 Å². The lowest BCUT2D eigenvalue weighted by Crippen LogP contribution is -2.12. The van der Waals surface area contributed by atoms with Crippen molar-refractivity contribution in [2.24, 2.45) is 0 Å². The van der Waals surface area contributed by atoms with Gasteiger partial charge in [0, 0.05) is 23.2 Å². The molecule has 0 saturated heterocycles. The minimum Gasteiger partial charge on any atom is -0.382 e. The van der Waals surface area contributed by atoms with E-state index in [1.54, 1.807) is 24.4 Å². The van der Waals surface area contributed by atoms with E-state index in [2.05, 4.69) is 20.3 Å². The fraction of sp³-hybridized carbons (Fsp3) is 0.0909. The normalized spacial score (nSPS) is 11.8. The lowest BCUT2D eigenvalue weighted by atomic mass is 9.93. The molecule has 2 aromatic heterocycles. The van der Waals surface area contributed by atoms with Gasteiger partial charge in [-0.15, -0.1) is 0 Å². The number of nitrogens with two attached hydrogens (primary N) is 1. The van der Waals surface area contributed by atoms with Crippen molar-refractivity contribution in [3.05, 3.63) is 77.8 Å². The molecule has 148 valence electrons. The summed E-state index contributed by atoms with van der Waals surface area (Å²) in [6, 6.07) is 12.1. The Morgan fingerprint density at radius 2 is 1.87 bits per heavy atom. The van der Waals surface area contributed by atoms with Gasteiger partial charge in [-0.3, -0.25) is 4.98 Å². The Morgan fingerprint density at radius 3 is 2.63 bits per heavy atom. The molecule has 4 aromatic rings. The second-order valence-electron chi connectivity index (χ2n) is 6.72. The minimum absolute atomic E-state index is 0.0691. The Kier molecular flexibility index (Phi) is 4.94. The monoisotopic (exact) mass is 402 g/mol. The number of nitrogens with one attached hydrogen (secondary N) is 1. The topological polar surface area (TPSA) is 101 Å². The van der Waals surface area contributed by atoms with E-state index in [4.69, 9.17) is 5.73 Å². The average molecular weight is 402 g/mol. The minimum atomic E-state index is -0.408. The molecule has 0 aliphatic carbocycles. The third-order valence-corrected chi connectivity index (χ3v) is 4.78. The Balaban J connectivity index is 1.89. The van der Waals surface area contributed by atoms with Gasteiger partial charge < -0.3 is 11.1 Å². The van der Waals surface area contributed by atoms with Gasteiger partial charge in [0.05, 0.1) is 11.6 Å². The molecule has 2 aromatic carbocycles. The smallest absolute Gasteiger partial charge is 0.150 e. The van der Waals surface area contributed by atoms with Crippen molar-refractivity contribution in [2.75, 3.05) is 11.1 Å². The van der Waals surface area contributed by atoms with Crippen LogP contribution >= 0.6 is 0 Å². The fourth-order valence-electron chi connectivity index (χ4n) is 3.38. The third kappa shape index (κ3) is 3.49. The van der Waals surface area contributed by atoms with E-state index in [9.17, 15) is 14.0 Å². The molecule has 8 heteroatoms. The van der Waals surface area contributed by atoms with Crippen molar-refractivity contribution in [1.82, 2.24) is 15.0 Å². The molecule has 0 saturated carbocycles. The highest BCUT2D eigenvalue weighted by molar-refractivity contribution is 5.96. The number of hydrogen-bond donors (Lipinski definition) is 2. The standard InChI is InChI=1S/C22H16F2N6/c1-12(30-22-17(9-25)21(26)28-11-29-22)18-10-27-19-8-15(24)5-6-16(19)20(18)13-3-2-4-14(23)7-13/h2-8,10-12H,1H3,(H3,26,28,29,30)/t12-/m1/s1. The van der Waals surface area contributed by atoms with E-state index in [-0.39, 0.29) is 29.1 Å². The largest absolute Gasteiger partial charge is 0.382 e. The predicted molar refractivity (Wildman–Crippen MR) is 110 cm³/mol. The summed E-state index contributed by atoms with van der Waals surface area (Å²) in [6.45, 7) is 1.86. The summed E-state index contributed by atoms with van der Waals surface area (Å²) < 4.78 is 27.7. The second kappa shape index (κ2) is 7.72. The van der Waals surface area contributed by atoms with E-state index in [0.717, 1.165) is 5.56 Å². The van der Waals surface area contributed by atoms with Crippen molar-refractivity contribution >= 4 is 22.5 Å². The van der Waals surface area contributed by atoms with Crippen LogP contribution in [0.5, 0.6) is 0 Å². The highest BCUT2D eigenvalue weighted by atomic mass is 19.1. The number of hydrogen-bond acceptors (Lipinski definition) is 6. The van der Waals surface area contributed by atoms with Crippen LogP contribution in [0.25, 0.3) is 22.0 Å². The molecule has 0 spiro atoms. The predicted octanol–water partition coefficient (Wildman–Crippen LogP) is 4.60. The Morgan fingerprint density at radius 1 is 1.07 bits per heavy atom. The number of anilines is 2. The van der Waals surface area contributed by atoms with Crippen LogP contribution in [0.1, 0.15) is 24.1 Å². The highest BCUT2D eigenvalue weighted by Crippen LogP contribution is 2.36. The lowest BCUT2D eigenvalue weighted by Gasteiger charge is -2.21. The molecule has 4 rings (SSSR count). The van der Waals surface area contributed by atoms with Crippen LogP contribution in [-0.4, -0.2) is 15.0 Å². The number of aromatic nitrogens is 3. The van der Waals surface area contributed by atoms with Crippen molar-refractivity contribution in [3.63, 3.8) is 0 Å². The van der Waals surface area contributed by atoms with Gasteiger partial charge in [0.1, 0.15) is 41.2 Å². The number of halogens is 2. The van der Waals surface area contributed by atoms with Crippen molar-refractivity contribution < 1.29 is 8.78 Å². The molecule has 2 heterocycles. The zero-order valence-corrected chi connectivity index (χ0v) is 15.9. The van der Waals surface area contributed by atoms with Gasteiger partial charge in [0.2, 0.25) is 0 Å². The first kappa shape index (κ1) is 19.2. The Hall–Kier alpha value is -4.12. The molecule has 0 unspecified atom stereocenters. The van der Waals surface area contributed by atoms with Gasteiger partial charge in [0.25, 0.3) is 0 Å². The number of rotatable bonds is 4. The van der Waals surface area contributed by atoms with Crippen LogP contribution in [0, 0.1) is 23.0 Å². The summed E-state index contributed by atoms with van der Waals surface area (Å²) >= 11 is 0. The first-order valence-electron chi connectivity index (χ1n) is 9.09. The second-order valence-corrected chi connectivity index (χ2v) is 6.72. The summed E-state index contributed by atoms with van der Waals surface area (Å²) in [5, 5.41) is 13.2. The first-order valence-corrected chi connectivity index (χ1v) is 9.09. The van der Waals surface area contributed by atoms with E-state index in [0.29, 0.717) is 22.0 Å². The van der Waals surface area contributed by atoms with E-state index in [1.807, 2.05) is 13.0 Å². The third-order valence-electron chi connectivity index (χ3n) is 4.78. The van der Waals surface area contributed by atoms with Crippen LogP contribution in [0.3, 0.4) is 0 Å². The molecule has 0 bridgehead atoms. The highest BCUT2D eigenvalue weighted by Gasteiger charge is 2.19. The van der Waals surface area contributed by atoms with Crippen molar-refractivity contribution in [3.8, 4) is 17.2 Å². The summed E-state index contributed by atoms with van der Waals surface area (Å²) in [4.78, 5) is 12.3. The molecule has 3 N–H and O–H groups in total. The summed E-state index contributed by atoms with van der Waals surface area (Å²) in [5.74, 6) is -0.447. The lowest BCUT2D eigenvalue weighted by molar-refractivity contribution is 0.628. The van der Waals surface area contributed by atoms with Crippen molar-refractivity contribution in [1.29, 1.82) is 5.26 Å². The summed E-state index contributed by atoms with van der Waals surface area (Å²) in [6.07, 6.45) is 2.87. The number of fused-ring (bicyclic) bond motifs is 1. The van der Waals surface area contributed by atoms with Gasteiger partial charge in [-0.05, 0) is 42.3 Å². The molecule has 0 radical (unpaired) electrons. The molecule has 0 aliphatic rings. The number of pyridine rings is 1. The Labute approximate surface area is 171 Å². The maximum Gasteiger partial charge on any atom is 0.150 e. The maximum atomic E-state index is 14.0. The molecule has 30 heavy (non-hydrogen) atoms. The van der Waals surface area contributed by atoms with E-state index >= 15 is 0 Å². The average Bonchev–Trinajstić information content (AvgIpc) is 2.73. The van der Waals surface area contributed by atoms with Gasteiger partial charge >= 0.3 is 0 Å². The SMILES string of the molecule is C[C@@H](Nc1ncnc(N)c1C#N)c1cnc2cc(F)ccc2c1-c1cccc(F)c1.